The molecule has 168 valence electrons. The number of carbonyl (C=O) groups excluding carboxylic acids is 1. The molecular weight excluding hydrogens is 452 g/mol. The molecule has 7 heteroatoms. The molecule has 3 aromatic carbocycles. The van der Waals surface area contributed by atoms with Crippen molar-refractivity contribution in [2.45, 2.75) is 24.5 Å². The molecule has 0 saturated heterocycles. The molecule has 1 N–H and O–H groups in total. The fourth-order valence-electron chi connectivity index (χ4n) is 3.49. The average molecular weight is 477 g/mol. The molecule has 0 aliphatic rings. The standard InChI is InChI=1S/C26H25ClN4OS/c27-23-16-8-7-15-22(23)25-29-30-26(31(25)18-21-12-5-2-6-13-21)33-19-24(32)28-17-9-14-20-10-3-1-4-11-20/h1-8,10-13,15-16H,9,14,17-19H2,(H,28,32). The van der Waals surface area contributed by atoms with E-state index in [-0.39, 0.29) is 11.7 Å². The Morgan fingerprint density at radius 3 is 2.27 bits per heavy atom. The van der Waals surface area contributed by atoms with Crippen molar-refractivity contribution in [3.8, 4) is 11.4 Å². The number of hydrogen-bond donors (Lipinski definition) is 1. The molecule has 0 fully saturated rings. The lowest BCUT2D eigenvalue weighted by molar-refractivity contribution is -0.118. The van der Waals surface area contributed by atoms with Crippen molar-refractivity contribution in [2.75, 3.05) is 12.3 Å². The van der Waals surface area contributed by atoms with Gasteiger partial charge >= 0.3 is 0 Å². The minimum absolute atomic E-state index is 0.0124. The van der Waals surface area contributed by atoms with Gasteiger partial charge in [0.2, 0.25) is 5.91 Å². The van der Waals surface area contributed by atoms with Crippen molar-refractivity contribution >= 4 is 29.3 Å². The molecule has 4 aromatic rings. The zero-order valence-corrected chi connectivity index (χ0v) is 19.7. The van der Waals surface area contributed by atoms with E-state index in [4.69, 9.17) is 11.6 Å². The highest BCUT2D eigenvalue weighted by Gasteiger charge is 2.17. The molecule has 4 rings (SSSR count). The van der Waals surface area contributed by atoms with Gasteiger partial charge in [-0.15, -0.1) is 10.2 Å². The van der Waals surface area contributed by atoms with E-state index < -0.39 is 0 Å². The number of amides is 1. The monoisotopic (exact) mass is 476 g/mol. The third-order valence-corrected chi connectivity index (χ3v) is 6.45. The zero-order chi connectivity index (χ0) is 22.9. The molecule has 0 bridgehead atoms. The van der Waals surface area contributed by atoms with Crippen molar-refractivity contribution in [2.24, 2.45) is 0 Å². The van der Waals surface area contributed by atoms with Crippen LogP contribution in [0.1, 0.15) is 17.5 Å². The second kappa shape index (κ2) is 11.7. The number of aromatic nitrogens is 3. The number of benzene rings is 3. The van der Waals surface area contributed by atoms with E-state index in [1.54, 1.807) is 0 Å². The van der Waals surface area contributed by atoms with Crippen LogP contribution in [0.3, 0.4) is 0 Å². The summed E-state index contributed by atoms with van der Waals surface area (Å²) in [6.07, 6.45) is 1.85. The van der Waals surface area contributed by atoms with Crippen LogP contribution in [-0.4, -0.2) is 33.0 Å². The number of hydrogen-bond acceptors (Lipinski definition) is 4. The largest absolute Gasteiger partial charge is 0.355 e. The second-order valence-electron chi connectivity index (χ2n) is 7.59. The first-order valence-electron chi connectivity index (χ1n) is 10.9. The highest BCUT2D eigenvalue weighted by atomic mass is 35.5. The van der Waals surface area contributed by atoms with Crippen LogP contribution in [0.2, 0.25) is 5.02 Å². The number of halogens is 1. The van der Waals surface area contributed by atoms with Gasteiger partial charge in [0.05, 0.1) is 17.3 Å². The first kappa shape index (κ1) is 23.1. The quantitative estimate of drug-likeness (QED) is 0.243. The van der Waals surface area contributed by atoms with Gasteiger partial charge in [-0.25, -0.2) is 0 Å². The Bertz CT molecular complexity index is 1180. The first-order chi connectivity index (χ1) is 16.2. The summed E-state index contributed by atoms with van der Waals surface area (Å²) in [5.41, 5.74) is 3.22. The van der Waals surface area contributed by atoms with Crippen molar-refractivity contribution in [3.63, 3.8) is 0 Å². The van der Waals surface area contributed by atoms with E-state index >= 15 is 0 Å². The molecule has 0 spiro atoms. The molecule has 0 atom stereocenters. The van der Waals surface area contributed by atoms with Crippen LogP contribution in [0, 0.1) is 0 Å². The number of aryl methyl sites for hydroxylation is 1. The summed E-state index contributed by atoms with van der Waals surface area (Å²) in [5.74, 6) is 0.956. The third kappa shape index (κ3) is 6.46. The maximum absolute atomic E-state index is 12.4. The lowest BCUT2D eigenvalue weighted by atomic mass is 10.1. The van der Waals surface area contributed by atoms with Crippen molar-refractivity contribution < 1.29 is 4.79 Å². The Labute approximate surface area is 203 Å². The van der Waals surface area contributed by atoms with Gasteiger partial charge in [-0.05, 0) is 36.1 Å². The molecule has 1 heterocycles. The molecule has 0 saturated carbocycles. The van der Waals surface area contributed by atoms with Gasteiger partial charge in [-0.3, -0.25) is 9.36 Å². The Morgan fingerprint density at radius 2 is 1.55 bits per heavy atom. The number of rotatable bonds is 10. The predicted molar refractivity (Wildman–Crippen MR) is 135 cm³/mol. The molecule has 0 unspecified atom stereocenters. The number of carbonyl (C=O) groups is 1. The zero-order valence-electron chi connectivity index (χ0n) is 18.2. The molecule has 0 aliphatic heterocycles. The number of nitrogens with one attached hydrogen (secondary N) is 1. The molecule has 1 aromatic heterocycles. The minimum Gasteiger partial charge on any atom is -0.355 e. The normalized spacial score (nSPS) is 10.8. The second-order valence-corrected chi connectivity index (χ2v) is 8.94. The third-order valence-electron chi connectivity index (χ3n) is 5.15. The van der Waals surface area contributed by atoms with E-state index in [0.29, 0.717) is 29.1 Å². The Hall–Kier alpha value is -3.09. The molecule has 0 radical (unpaired) electrons. The van der Waals surface area contributed by atoms with Gasteiger partial charge in [0, 0.05) is 12.1 Å². The Balaban J connectivity index is 1.40. The van der Waals surface area contributed by atoms with Crippen LogP contribution in [-0.2, 0) is 17.8 Å². The van der Waals surface area contributed by atoms with Crippen LogP contribution in [0.25, 0.3) is 11.4 Å². The minimum atomic E-state index is -0.0124. The van der Waals surface area contributed by atoms with Crippen LogP contribution in [0.5, 0.6) is 0 Å². The van der Waals surface area contributed by atoms with Crippen LogP contribution in [0.4, 0.5) is 0 Å². The van der Waals surface area contributed by atoms with Crippen LogP contribution < -0.4 is 5.32 Å². The summed E-state index contributed by atoms with van der Waals surface area (Å²) in [6, 6.07) is 28.0. The van der Waals surface area contributed by atoms with Crippen molar-refractivity contribution in [1.29, 1.82) is 0 Å². The molecular formula is C26H25ClN4OS. The van der Waals surface area contributed by atoms with Crippen LogP contribution in [0.15, 0.2) is 90.1 Å². The summed E-state index contributed by atoms with van der Waals surface area (Å²) in [4.78, 5) is 12.4. The summed E-state index contributed by atoms with van der Waals surface area (Å²) < 4.78 is 2.02. The lowest BCUT2D eigenvalue weighted by Gasteiger charge is -2.11. The SMILES string of the molecule is O=C(CSc1nnc(-c2ccccc2Cl)n1Cc1ccccc1)NCCCc1ccccc1. The topological polar surface area (TPSA) is 59.8 Å². The summed E-state index contributed by atoms with van der Waals surface area (Å²) in [6.45, 7) is 1.24. The van der Waals surface area contributed by atoms with Crippen molar-refractivity contribution in [1.82, 2.24) is 20.1 Å². The fourth-order valence-corrected chi connectivity index (χ4v) is 4.48. The van der Waals surface area contributed by atoms with E-state index in [0.717, 1.165) is 24.0 Å². The highest BCUT2D eigenvalue weighted by Crippen LogP contribution is 2.30. The van der Waals surface area contributed by atoms with Gasteiger partial charge in [0.25, 0.3) is 0 Å². The van der Waals surface area contributed by atoms with Gasteiger partial charge < -0.3 is 5.32 Å². The van der Waals surface area contributed by atoms with Gasteiger partial charge in [0.15, 0.2) is 11.0 Å². The summed E-state index contributed by atoms with van der Waals surface area (Å²) in [5, 5.41) is 13.1. The van der Waals surface area contributed by atoms with Crippen molar-refractivity contribution in [3.05, 3.63) is 101 Å². The van der Waals surface area contributed by atoms with E-state index in [1.165, 1.54) is 17.3 Å². The molecule has 1 amide bonds. The lowest BCUT2D eigenvalue weighted by Crippen LogP contribution is -2.26. The van der Waals surface area contributed by atoms with Crippen LogP contribution >= 0.6 is 23.4 Å². The Morgan fingerprint density at radius 1 is 0.879 bits per heavy atom. The molecule has 0 aliphatic carbocycles. The summed E-state index contributed by atoms with van der Waals surface area (Å²) in [7, 11) is 0. The van der Waals surface area contributed by atoms with E-state index in [1.807, 2.05) is 65.2 Å². The highest BCUT2D eigenvalue weighted by molar-refractivity contribution is 7.99. The smallest absolute Gasteiger partial charge is 0.230 e. The first-order valence-corrected chi connectivity index (χ1v) is 12.2. The molecule has 5 nitrogen and oxygen atoms in total. The number of thioether (sulfide) groups is 1. The van der Waals surface area contributed by atoms with Gasteiger partial charge in [0.1, 0.15) is 0 Å². The number of nitrogens with zero attached hydrogens (tertiary/aromatic N) is 3. The Kier molecular flexibility index (Phi) is 8.17. The van der Waals surface area contributed by atoms with Gasteiger partial charge in [-0.2, -0.15) is 0 Å². The van der Waals surface area contributed by atoms with E-state index in [9.17, 15) is 4.79 Å². The molecule has 33 heavy (non-hydrogen) atoms. The average Bonchev–Trinajstić information content (AvgIpc) is 3.24. The maximum atomic E-state index is 12.4. The maximum Gasteiger partial charge on any atom is 0.230 e. The van der Waals surface area contributed by atoms with Gasteiger partial charge in [-0.1, -0.05) is 96.2 Å². The summed E-state index contributed by atoms with van der Waals surface area (Å²) >= 11 is 7.82. The van der Waals surface area contributed by atoms with E-state index in [2.05, 4.69) is 39.8 Å². The fraction of sp³-hybridized carbons (Fsp3) is 0.192. The predicted octanol–water partition coefficient (Wildman–Crippen LogP) is 5.49.